The minimum Gasteiger partial charge on any atom is -0.477 e. The minimum atomic E-state index is -1.21. The average Bonchev–Trinajstić information content (AvgIpc) is 3.10. The van der Waals surface area contributed by atoms with Gasteiger partial charge in [0.25, 0.3) is 0 Å². The number of ether oxygens (including phenoxy) is 1. The van der Waals surface area contributed by atoms with Crippen LogP contribution in [0, 0.1) is 0 Å². The highest BCUT2D eigenvalue weighted by molar-refractivity contribution is 8.00. The molecule has 0 radical (unpaired) electrons. The van der Waals surface area contributed by atoms with Gasteiger partial charge in [-0.1, -0.05) is 0 Å². The van der Waals surface area contributed by atoms with Crippen LogP contribution in [0.2, 0.25) is 0 Å². The summed E-state index contributed by atoms with van der Waals surface area (Å²) in [4.78, 5) is 48.9. The second-order valence-corrected chi connectivity index (χ2v) is 7.49. The Hall–Kier alpha value is -2.44. The molecule has 146 valence electrons. The van der Waals surface area contributed by atoms with Crippen LogP contribution in [0.1, 0.15) is 13.8 Å². The van der Waals surface area contributed by atoms with Crippen molar-refractivity contribution in [1.29, 1.82) is 0 Å². The molecule has 1 saturated heterocycles. The van der Waals surface area contributed by atoms with Gasteiger partial charge in [0.1, 0.15) is 23.7 Å². The molecule has 12 heteroatoms. The standard InChI is InChI=1S/C10H12N2O5S.C5H6N2OS/c1-4(13)17-2-5-3-18-9-6(11)8(14)12(9)7(5)10(15)16;1-4(8)7-5-6-2-3-9-5/h6,9H,2-3,11H2,1H3,(H,15,16);2-3H,1H3,(H,6,7,8)/t6-,9-;/m1./s1. The summed E-state index contributed by atoms with van der Waals surface area (Å²) < 4.78 is 4.79. The number of nitrogens with two attached hydrogens (primary N) is 1. The first-order valence-corrected chi connectivity index (χ1v) is 9.61. The van der Waals surface area contributed by atoms with Gasteiger partial charge in [-0.05, 0) is 0 Å². The molecule has 0 saturated carbocycles. The van der Waals surface area contributed by atoms with Crippen molar-refractivity contribution in [3.05, 3.63) is 22.8 Å². The number of fused-ring (bicyclic) bond motifs is 1. The van der Waals surface area contributed by atoms with Crippen LogP contribution in [0.4, 0.5) is 5.13 Å². The number of hydrogen-bond acceptors (Lipinski definition) is 9. The first-order valence-electron chi connectivity index (χ1n) is 7.68. The van der Waals surface area contributed by atoms with Gasteiger partial charge in [0.2, 0.25) is 11.8 Å². The maximum absolute atomic E-state index is 11.6. The molecule has 0 unspecified atom stereocenters. The number of esters is 1. The van der Waals surface area contributed by atoms with Crippen molar-refractivity contribution in [1.82, 2.24) is 9.88 Å². The lowest BCUT2D eigenvalue weighted by atomic mass is 10.0. The number of carbonyl (C=O) groups excluding carboxylic acids is 3. The molecule has 2 atom stereocenters. The zero-order valence-electron chi connectivity index (χ0n) is 14.5. The van der Waals surface area contributed by atoms with Crippen LogP contribution in [0.15, 0.2) is 22.8 Å². The SMILES string of the molecule is CC(=O)Nc1nccs1.CC(=O)OCC1=C(C(=O)O)N2C(=O)[C@@H](N)[C@H]2SC1. The molecule has 2 aliphatic heterocycles. The van der Waals surface area contributed by atoms with Gasteiger partial charge >= 0.3 is 11.9 Å². The number of rotatable bonds is 4. The molecule has 2 aliphatic rings. The smallest absolute Gasteiger partial charge is 0.352 e. The van der Waals surface area contributed by atoms with Crippen molar-refractivity contribution in [3.8, 4) is 0 Å². The Labute approximate surface area is 162 Å². The monoisotopic (exact) mass is 414 g/mol. The number of carbonyl (C=O) groups is 4. The van der Waals surface area contributed by atoms with E-state index in [2.05, 4.69) is 10.3 Å². The fraction of sp³-hybridized carbons (Fsp3) is 0.400. The topological polar surface area (TPSA) is 152 Å². The molecule has 10 nitrogen and oxygen atoms in total. The van der Waals surface area contributed by atoms with Gasteiger partial charge in [0, 0.05) is 36.8 Å². The number of aliphatic carboxylic acids is 1. The normalized spacial score (nSPS) is 20.7. The summed E-state index contributed by atoms with van der Waals surface area (Å²) in [6.07, 6.45) is 1.65. The summed E-state index contributed by atoms with van der Waals surface area (Å²) >= 11 is 2.78. The van der Waals surface area contributed by atoms with Crippen LogP contribution in [-0.2, 0) is 23.9 Å². The third-order valence-electron chi connectivity index (χ3n) is 3.46. The van der Waals surface area contributed by atoms with Crippen molar-refractivity contribution in [2.45, 2.75) is 25.3 Å². The number of aromatic nitrogens is 1. The van der Waals surface area contributed by atoms with Gasteiger partial charge in [-0.3, -0.25) is 19.3 Å². The third-order valence-corrected chi connectivity index (χ3v) is 5.51. The first kappa shape index (κ1) is 20.9. The van der Waals surface area contributed by atoms with Crippen molar-refractivity contribution in [2.24, 2.45) is 5.73 Å². The van der Waals surface area contributed by atoms with E-state index in [-0.39, 0.29) is 23.6 Å². The summed E-state index contributed by atoms with van der Waals surface area (Å²) in [6.45, 7) is 2.58. The fourth-order valence-corrected chi connectivity index (χ4v) is 4.16. The number of thioether (sulfide) groups is 1. The maximum Gasteiger partial charge on any atom is 0.352 e. The molecule has 1 aromatic rings. The van der Waals surface area contributed by atoms with Crippen molar-refractivity contribution >= 4 is 52.0 Å². The number of carboxylic acids is 1. The maximum atomic E-state index is 11.6. The lowest BCUT2D eigenvalue weighted by Crippen LogP contribution is -2.68. The fourth-order valence-electron chi connectivity index (χ4n) is 2.32. The number of nitrogens with one attached hydrogen (secondary N) is 1. The van der Waals surface area contributed by atoms with E-state index in [4.69, 9.17) is 15.6 Å². The van der Waals surface area contributed by atoms with Crippen molar-refractivity contribution < 1.29 is 29.0 Å². The molecule has 3 rings (SSSR count). The second-order valence-electron chi connectivity index (χ2n) is 5.49. The van der Waals surface area contributed by atoms with Gasteiger partial charge in [-0.2, -0.15) is 0 Å². The molecule has 1 aromatic heterocycles. The lowest BCUT2D eigenvalue weighted by Gasteiger charge is -2.47. The molecule has 0 spiro atoms. The van der Waals surface area contributed by atoms with Gasteiger partial charge in [0.05, 0.1) is 0 Å². The van der Waals surface area contributed by atoms with Crippen molar-refractivity contribution in [3.63, 3.8) is 0 Å². The molecular formula is C15H18N4O6S2. The summed E-state index contributed by atoms with van der Waals surface area (Å²) in [5.74, 6) is -1.81. The number of anilines is 1. The first-order chi connectivity index (χ1) is 12.7. The predicted octanol–water partition coefficient (Wildman–Crippen LogP) is 0.232. The van der Waals surface area contributed by atoms with E-state index < -0.39 is 23.9 Å². The Morgan fingerprint density at radius 2 is 2.15 bits per heavy atom. The number of carboxylic acid groups (broad SMARTS) is 1. The van der Waals surface area contributed by atoms with Crippen LogP contribution >= 0.6 is 23.1 Å². The number of β-lactam (4-membered cyclic amide) rings is 1. The van der Waals surface area contributed by atoms with Gasteiger partial charge in [0.15, 0.2) is 5.13 Å². The van der Waals surface area contributed by atoms with E-state index in [1.165, 1.54) is 41.8 Å². The summed E-state index contributed by atoms with van der Waals surface area (Å²) in [5, 5.41) is 13.8. The Morgan fingerprint density at radius 1 is 1.44 bits per heavy atom. The lowest BCUT2D eigenvalue weighted by molar-refractivity contribution is -0.148. The Morgan fingerprint density at radius 3 is 2.67 bits per heavy atom. The zero-order chi connectivity index (χ0) is 20.1. The molecule has 0 aliphatic carbocycles. The van der Waals surface area contributed by atoms with E-state index in [9.17, 15) is 19.2 Å². The van der Waals surface area contributed by atoms with E-state index >= 15 is 0 Å². The Bertz CT molecular complexity index is 779. The number of nitrogens with zero attached hydrogens (tertiary/aromatic N) is 2. The van der Waals surface area contributed by atoms with Crippen LogP contribution in [0.25, 0.3) is 0 Å². The summed E-state index contributed by atoms with van der Waals surface area (Å²) in [7, 11) is 0. The third kappa shape index (κ3) is 5.05. The quantitative estimate of drug-likeness (QED) is 0.464. The molecule has 2 amide bonds. The van der Waals surface area contributed by atoms with E-state index in [0.29, 0.717) is 16.5 Å². The van der Waals surface area contributed by atoms with Crippen LogP contribution in [0.5, 0.6) is 0 Å². The largest absolute Gasteiger partial charge is 0.477 e. The Kier molecular flexibility index (Phi) is 6.93. The zero-order valence-corrected chi connectivity index (χ0v) is 16.1. The Balaban J connectivity index is 0.000000244. The predicted molar refractivity (Wildman–Crippen MR) is 98.8 cm³/mol. The van der Waals surface area contributed by atoms with E-state index in [1.807, 2.05) is 5.38 Å². The molecule has 3 heterocycles. The van der Waals surface area contributed by atoms with E-state index in [1.54, 1.807) is 6.20 Å². The van der Waals surface area contributed by atoms with Crippen molar-refractivity contribution in [2.75, 3.05) is 17.7 Å². The van der Waals surface area contributed by atoms with E-state index in [0.717, 1.165) is 0 Å². The summed E-state index contributed by atoms with van der Waals surface area (Å²) in [6, 6.07) is -0.653. The molecule has 0 aromatic carbocycles. The number of thiazole rings is 1. The number of amides is 2. The van der Waals surface area contributed by atoms with Gasteiger partial charge in [-0.25, -0.2) is 9.78 Å². The van der Waals surface area contributed by atoms with Gasteiger partial charge in [-0.15, -0.1) is 23.1 Å². The highest BCUT2D eigenvalue weighted by Gasteiger charge is 2.51. The minimum absolute atomic E-state index is 0.0787. The molecule has 27 heavy (non-hydrogen) atoms. The summed E-state index contributed by atoms with van der Waals surface area (Å²) in [5.41, 5.74) is 5.90. The van der Waals surface area contributed by atoms with Crippen LogP contribution < -0.4 is 11.1 Å². The average molecular weight is 414 g/mol. The highest BCUT2D eigenvalue weighted by Crippen LogP contribution is 2.39. The highest BCUT2D eigenvalue weighted by atomic mass is 32.2. The van der Waals surface area contributed by atoms with Crippen LogP contribution in [0.3, 0.4) is 0 Å². The molecule has 0 bridgehead atoms. The van der Waals surface area contributed by atoms with Gasteiger partial charge < -0.3 is 20.9 Å². The number of hydrogen-bond donors (Lipinski definition) is 3. The molecule has 4 N–H and O–H groups in total. The molecule has 1 fully saturated rings. The van der Waals surface area contributed by atoms with Crippen LogP contribution in [-0.4, -0.2) is 62.5 Å². The molecular weight excluding hydrogens is 396 g/mol. The second kappa shape index (κ2) is 8.97.